The topological polar surface area (TPSA) is 27.9 Å². The van der Waals surface area contributed by atoms with E-state index in [-0.39, 0.29) is 0 Å². The van der Waals surface area contributed by atoms with Crippen molar-refractivity contribution in [3.05, 3.63) is 35.8 Å². The normalized spacial score (nSPS) is 30.5. The Morgan fingerprint density at radius 1 is 1.33 bits per heavy atom. The maximum atomic E-state index is 11.1. The summed E-state index contributed by atoms with van der Waals surface area (Å²) < 4.78 is 0. The monoisotopic (exact) mass is 203 g/mol. The molecule has 2 rings (SSSR count). The summed E-state index contributed by atoms with van der Waals surface area (Å²) in [7, 11) is 0. The minimum atomic E-state index is -1.15. The second-order valence-electron chi connectivity index (χ2n) is 3.72. The highest BCUT2D eigenvalue weighted by Gasteiger charge is 2.44. The van der Waals surface area contributed by atoms with E-state index in [1.807, 2.05) is 6.08 Å². The Bertz CT molecular complexity index is 349. The van der Waals surface area contributed by atoms with Crippen LogP contribution in [0.3, 0.4) is 0 Å². The molecule has 0 aromatic heterocycles. The number of carbonyl (C=O) groups excluding carboxylic acids is 1. The van der Waals surface area contributed by atoms with Crippen molar-refractivity contribution in [1.82, 2.24) is 10.0 Å². The molecule has 1 atom stereocenters. The summed E-state index contributed by atoms with van der Waals surface area (Å²) in [5.74, 6) is 0. The van der Waals surface area contributed by atoms with Gasteiger partial charge in [0.1, 0.15) is 0 Å². The fraction of sp³-hybridized carbons (Fsp3) is 0.455. The largest absolute Gasteiger partial charge is 0.395 e. The Balaban J connectivity index is 2.28. The van der Waals surface area contributed by atoms with Gasteiger partial charge in [0.05, 0.1) is 0 Å². The highest BCUT2D eigenvalue weighted by atomic mass is 16.1. The van der Waals surface area contributed by atoms with Crippen LogP contribution in [0.25, 0.3) is 4.85 Å². The zero-order valence-electron chi connectivity index (χ0n) is 8.47. The summed E-state index contributed by atoms with van der Waals surface area (Å²) in [6.45, 7) is 9.02. The predicted molar refractivity (Wildman–Crippen MR) is 56.3 cm³/mol. The van der Waals surface area contributed by atoms with Crippen molar-refractivity contribution in [3.8, 4) is 0 Å². The van der Waals surface area contributed by atoms with Crippen LogP contribution in [-0.4, -0.2) is 35.1 Å². The first-order valence-corrected chi connectivity index (χ1v) is 5.07. The van der Waals surface area contributed by atoms with E-state index in [1.165, 1.54) is 0 Å². The van der Waals surface area contributed by atoms with E-state index < -0.39 is 5.66 Å². The van der Waals surface area contributed by atoms with Gasteiger partial charge in [-0.05, 0) is 18.9 Å². The SMILES string of the molecule is [C-]#[N+]C1(C=O)C=CC=CN1N1CCCC1. The van der Waals surface area contributed by atoms with Crippen LogP contribution < -0.4 is 0 Å². The minimum absolute atomic E-state index is 0.707. The Hall–Kier alpha value is -1.60. The van der Waals surface area contributed by atoms with Crippen LogP contribution >= 0.6 is 0 Å². The molecule has 0 aliphatic carbocycles. The molecule has 0 N–H and O–H groups in total. The molecule has 0 radical (unpaired) electrons. The average molecular weight is 203 g/mol. The summed E-state index contributed by atoms with van der Waals surface area (Å²) >= 11 is 0. The molecule has 0 aromatic carbocycles. The molecule has 4 heteroatoms. The summed E-state index contributed by atoms with van der Waals surface area (Å²) in [5, 5.41) is 3.81. The Labute approximate surface area is 89.3 Å². The van der Waals surface area contributed by atoms with Crippen molar-refractivity contribution in [2.75, 3.05) is 13.1 Å². The number of allylic oxidation sites excluding steroid dienone is 2. The van der Waals surface area contributed by atoms with Gasteiger partial charge >= 0.3 is 5.66 Å². The lowest BCUT2D eigenvalue weighted by Gasteiger charge is -2.35. The number of hydrogen-bond acceptors (Lipinski definition) is 3. The lowest BCUT2D eigenvalue weighted by atomic mass is 10.1. The first-order valence-electron chi connectivity index (χ1n) is 5.07. The average Bonchev–Trinajstić information content (AvgIpc) is 2.82. The highest BCUT2D eigenvalue weighted by Crippen LogP contribution is 2.26. The first-order chi connectivity index (χ1) is 7.32. The van der Waals surface area contributed by atoms with E-state index in [9.17, 15) is 4.79 Å². The minimum Gasteiger partial charge on any atom is -0.291 e. The van der Waals surface area contributed by atoms with Gasteiger partial charge in [0.25, 0.3) is 0 Å². The van der Waals surface area contributed by atoms with Crippen LogP contribution in [-0.2, 0) is 4.79 Å². The van der Waals surface area contributed by atoms with Gasteiger partial charge in [-0.1, -0.05) is 6.08 Å². The number of hydrazine groups is 1. The third-order valence-corrected chi connectivity index (χ3v) is 2.79. The molecule has 0 spiro atoms. The van der Waals surface area contributed by atoms with Crippen molar-refractivity contribution in [2.45, 2.75) is 18.5 Å². The third kappa shape index (κ3) is 1.55. The van der Waals surface area contributed by atoms with Crippen molar-refractivity contribution in [1.29, 1.82) is 0 Å². The molecule has 0 aromatic rings. The van der Waals surface area contributed by atoms with Gasteiger partial charge in [-0.25, -0.2) is 16.6 Å². The molecule has 4 nitrogen and oxygen atoms in total. The van der Waals surface area contributed by atoms with E-state index in [4.69, 9.17) is 6.57 Å². The van der Waals surface area contributed by atoms with Crippen LogP contribution in [0.1, 0.15) is 12.8 Å². The zero-order chi connectivity index (χ0) is 10.7. The molecule has 2 aliphatic heterocycles. The Morgan fingerprint density at radius 2 is 2.07 bits per heavy atom. The van der Waals surface area contributed by atoms with Crippen LogP contribution in [0.15, 0.2) is 24.4 Å². The maximum absolute atomic E-state index is 11.1. The fourth-order valence-corrected chi connectivity index (χ4v) is 1.97. The number of rotatable bonds is 2. The fourth-order valence-electron chi connectivity index (χ4n) is 1.97. The van der Waals surface area contributed by atoms with E-state index in [0.29, 0.717) is 6.29 Å². The van der Waals surface area contributed by atoms with Gasteiger partial charge in [0.2, 0.25) is 6.29 Å². The quantitative estimate of drug-likeness (QED) is 0.498. The molecule has 2 heterocycles. The van der Waals surface area contributed by atoms with Crippen LogP contribution in [0.4, 0.5) is 0 Å². The lowest BCUT2D eigenvalue weighted by Crippen LogP contribution is -2.52. The summed E-state index contributed by atoms with van der Waals surface area (Å²) in [6, 6.07) is 0. The van der Waals surface area contributed by atoms with Crippen LogP contribution in [0.2, 0.25) is 0 Å². The number of hydrogen-bond donors (Lipinski definition) is 0. The first kappa shape index (κ1) is 9.94. The maximum Gasteiger partial charge on any atom is 0.395 e. The predicted octanol–water partition coefficient (Wildman–Crippen LogP) is 1.20. The summed E-state index contributed by atoms with van der Waals surface area (Å²) in [6.07, 6.45) is 10.0. The van der Waals surface area contributed by atoms with E-state index >= 15 is 0 Å². The van der Waals surface area contributed by atoms with Crippen molar-refractivity contribution in [2.24, 2.45) is 0 Å². The smallest absolute Gasteiger partial charge is 0.291 e. The van der Waals surface area contributed by atoms with Gasteiger partial charge < -0.3 is 0 Å². The van der Waals surface area contributed by atoms with Crippen LogP contribution in [0.5, 0.6) is 0 Å². The molecular formula is C11H13N3O. The molecule has 0 saturated carbocycles. The molecule has 78 valence electrons. The highest BCUT2D eigenvalue weighted by molar-refractivity contribution is 5.71. The standard InChI is InChI=1S/C11H13N3O/c1-12-11(10-15)6-2-3-9-14(11)13-7-4-5-8-13/h2-3,6,9-10H,4-5,7-8H2. The number of carbonyl (C=O) groups is 1. The Morgan fingerprint density at radius 3 is 2.67 bits per heavy atom. The van der Waals surface area contributed by atoms with E-state index in [0.717, 1.165) is 25.9 Å². The Kier molecular flexibility index (Phi) is 2.57. The molecule has 1 unspecified atom stereocenters. The molecule has 2 aliphatic rings. The van der Waals surface area contributed by atoms with Gasteiger partial charge in [-0.3, -0.25) is 9.64 Å². The van der Waals surface area contributed by atoms with Gasteiger partial charge in [0, 0.05) is 25.4 Å². The van der Waals surface area contributed by atoms with Gasteiger partial charge in [0.15, 0.2) is 0 Å². The second-order valence-corrected chi connectivity index (χ2v) is 3.72. The second kappa shape index (κ2) is 3.87. The van der Waals surface area contributed by atoms with Crippen LogP contribution in [0, 0.1) is 6.57 Å². The third-order valence-electron chi connectivity index (χ3n) is 2.79. The van der Waals surface area contributed by atoms with Crippen molar-refractivity contribution >= 4 is 6.29 Å². The zero-order valence-corrected chi connectivity index (χ0v) is 8.47. The molecular weight excluding hydrogens is 190 g/mol. The molecule has 1 fully saturated rings. The van der Waals surface area contributed by atoms with E-state index in [2.05, 4.69) is 9.85 Å². The van der Waals surface area contributed by atoms with E-state index in [1.54, 1.807) is 23.4 Å². The molecule has 15 heavy (non-hydrogen) atoms. The summed E-state index contributed by atoms with van der Waals surface area (Å²) in [5.41, 5.74) is -1.15. The molecule has 1 saturated heterocycles. The van der Waals surface area contributed by atoms with Gasteiger partial charge in [-0.15, -0.1) is 0 Å². The number of aldehydes is 1. The van der Waals surface area contributed by atoms with Gasteiger partial charge in [-0.2, -0.15) is 0 Å². The molecule has 0 amide bonds. The van der Waals surface area contributed by atoms with Crippen molar-refractivity contribution in [3.63, 3.8) is 0 Å². The van der Waals surface area contributed by atoms with Crippen molar-refractivity contribution < 1.29 is 4.79 Å². The molecule has 0 bridgehead atoms. The summed E-state index contributed by atoms with van der Waals surface area (Å²) in [4.78, 5) is 14.6. The lowest BCUT2D eigenvalue weighted by molar-refractivity contribution is -0.119. The number of nitrogens with zero attached hydrogens (tertiary/aromatic N) is 3.